The van der Waals surface area contributed by atoms with Crippen LogP contribution in [0.25, 0.3) is 11.1 Å². The van der Waals surface area contributed by atoms with Crippen molar-refractivity contribution < 1.29 is 22.7 Å². The van der Waals surface area contributed by atoms with Crippen molar-refractivity contribution >= 4 is 16.8 Å². The molecule has 0 amide bonds. The number of fused-ring (bicyclic) bond motifs is 1. The normalized spacial score (nSPS) is 14.4. The van der Waals surface area contributed by atoms with Crippen LogP contribution in [0, 0.1) is 0 Å². The molecule has 26 heavy (non-hydrogen) atoms. The summed E-state index contributed by atoms with van der Waals surface area (Å²) in [6.45, 7) is 5.37. The first-order valence-corrected chi connectivity index (χ1v) is 8.32. The van der Waals surface area contributed by atoms with Crippen LogP contribution in [0.4, 0.5) is 18.9 Å². The van der Waals surface area contributed by atoms with E-state index in [2.05, 4.69) is 4.98 Å². The number of benzene rings is 2. The molecule has 0 bridgehead atoms. The first-order chi connectivity index (χ1) is 12.3. The summed E-state index contributed by atoms with van der Waals surface area (Å²) in [6.07, 6.45) is -5.00. The third-order valence-electron chi connectivity index (χ3n) is 4.43. The minimum atomic E-state index is -5.00. The van der Waals surface area contributed by atoms with Crippen LogP contribution >= 0.6 is 0 Å². The first-order valence-electron chi connectivity index (χ1n) is 8.32. The molecule has 2 aromatic carbocycles. The van der Waals surface area contributed by atoms with Gasteiger partial charge in [-0.2, -0.15) is 13.2 Å². The van der Waals surface area contributed by atoms with E-state index < -0.39 is 17.7 Å². The van der Waals surface area contributed by atoms with Gasteiger partial charge >= 0.3 is 6.18 Å². The summed E-state index contributed by atoms with van der Waals surface area (Å²) in [5.41, 5.74) is -2.45. The molecule has 1 unspecified atom stereocenters. The quantitative estimate of drug-likeness (QED) is 0.726. The molecule has 0 spiro atoms. The van der Waals surface area contributed by atoms with Gasteiger partial charge < -0.3 is 14.4 Å². The molecule has 7 heteroatoms. The molecule has 0 aliphatic carbocycles. The molecule has 0 saturated heterocycles. The van der Waals surface area contributed by atoms with Crippen LogP contribution in [0.2, 0.25) is 0 Å². The highest BCUT2D eigenvalue weighted by Gasteiger charge is 2.60. The first kappa shape index (κ1) is 18.3. The average molecular weight is 364 g/mol. The van der Waals surface area contributed by atoms with Crippen LogP contribution in [-0.2, 0) is 5.60 Å². The predicted molar refractivity (Wildman–Crippen MR) is 93.1 cm³/mol. The van der Waals surface area contributed by atoms with Crippen LogP contribution in [0.1, 0.15) is 25.3 Å². The number of para-hydroxylation sites is 2. The molecule has 0 aliphatic rings. The standard InChI is InChI=1S/C19H19F3N2O2/c1-3-24(4-2)14-11-9-13(10-12-14)18(25,19(20,21)22)17-23-15-7-5-6-8-16(15)26-17/h5-12,25H,3-4H2,1-2H3. The second kappa shape index (κ2) is 6.64. The molecule has 4 nitrogen and oxygen atoms in total. The summed E-state index contributed by atoms with van der Waals surface area (Å²) in [5.74, 6) is -0.790. The lowest BCUT2D eigenvalue weighted by Crippen LogP contribution is -2.43. The zero-order chi connectivity index (χ0) is 18.9. The van der Waals surface area contributed by atoms with E-state index in [-0.39, 0.29) is 16.7 Å². The highest BCUT2D eigenvalue weighted by molar-refractivity contribution is 5.72. The van der Waals surface area contributed by atoms with Crippen molar-refractivity contribution in [1.29, 1.82) is 0 Å². The number of aliphatic hydroxyl groups is 1. The lowest BCUT2D eigenvalue weighted by molar-refractivity contribution is -0.255. The molecule has 0 fully saturated rings. The topological polar surface area (TPSA) is 49.5 Å². The monoisotopic (exact) mass is 364 g/mol. The van der Waals surface area contributed by atoms with E-state index in [1.54, 1.807) is 24.3 Å². The molecular formula is C19H19F3N2O2. The molecule has 1 atom stereocenters. The van der Waals surface area contributed by atoms with Gasteiger partial charge in [-0.25, -0.2) is 4.98 Å². The van der Waals surface area contributed by atoms with Gasteiger partial charge in [0.05, 0.1) is 0 Å². The number of hydrogen-bond donors (Lipinski definition) is 1. The third-order valence-corrected chi connectivity index (χ3v) is 4.43. The van der Waals surface area contributed by atoms with Crippen molar-refractivity contribution in [2.45, 2.75) is 25.6 Å². The van der Waals surface area contributed by atoms with Crippen LogP contribution in [0.3, 0.4) is 0 Å². The minimum absolute atomic E-state index is 0.185. The summed E-state index contributed by atoms with van der Waals surface area (Å²) in [5, 5.41) is 10.6. The fourth-order valence-electron chi connectivity index (χ4n) is 2.94. The molecule has 3 aromatic rings. The van der Waals surface area contributed by atoms with E-state index in [0.717, 1.165) is 18.8 Å². The van der Waals surface area contributed by atoms with E-state index in [0.29, 0.717) is 0 Å². The van der Waals surface area contributed by atoms with Gasteiger partial charge in [-0.3, -0.25) is 0 Å². The van der Waals surface area contributed by atoms with Gasteiger partial charge in [0.25, 0.3) is 5.60 Å². The van der Waals surface area contributed by atoms with Gasteiger partial charge in [-0.05, 0) is 38.1 Å². The van der Waals surface area contributed by atoms with Gasteiger partial charge in [0, 0.05) is 24.3 Å². The van der Waals surface area contributed by atoms with Gasteiger partial charge in [0.1, 0.15) is 5.52 Å². The molecule has 1 heterocycles. The second-order valence-electron chi connectivity index (χ2n) is 5.91. The highest BCUT2D eigenvalue weighted by atomic mass is 19.4. The Balaban J connectivity index is 2.11. The number of anilines is 1. The van der Waals surface area contributed by atoms with Gasteiger partial charge in [-0.1, -0.05) is 24.3 Å². The molecule has 1 N–H and O–H groups in total. The molecule has 0 radical (unpaired) electrons. The molecule has 1 aromatic heterocycles. The Morgan fingerprint density at radius 3 is 2.15 bits per heavy atom. The van der Waals surface area contributed by atoms with Gasteiger partial charge in [-0.15, -0.1) is 0 Å². The fraction of sp³-hybridized carbons (Fsp3) is 0.316. The summed E-state index contributed by atoms with van der Waals surface area (Å²) >= 11 is 0. The number of hydrogen-bond acceptors (Lipinski definition) is 4. The van der Waals surface area contributed by atoms with Crippen molar-refractivity contribution in [3.05, 3.63) is 60.0 Å². The smallest absolute Gasteiger partial charge is 0.430 e. The van der Waals surface area contributed by atoms with Crippen molar-refractivity contribution in [3.8, 4) is 0 Å². The number of nitrogens with zero attached hydrogens (tertiary/aromatic N) is 2. The second-order valence-corrected chi connectivity index (χ2v) is 5.91. The van der Waals surface area contributed by atoms with Crippen molar-refractivity contribution in [3.63, 3.8) is 0 Å². The Bertz CT molecular complexity index is 853. The maximum atomic E-state index is 13.8. The third kappa shape index (κ3) is 2.92. The Hall–Kier alpha value is -2.54. The maximum Gasteiger partial charge on any atom is 0.430 e. The van der Waals surface area contributed by atoms with E-state index in [9.17, 15) is 18.3 Å². The molecule has 0 saturated carbocycles. The SMILES string of the molecule is CCN(CC)c1ccc(C(O)(c2nc3ccccc3o2)C(F)(F)F)cc1. The number of halogens is 3. The van der Waals surface area contributed by atoms with Crippen LogP contribution in [-0.4, -0.2) is 29.4 Å². The summed E-state index contributed by atoms with van der Waals surface area (Å²) < 4.78 is 46.7. The van der Waals surface area contributed by atoms with Crippen LogP contribution in [0.5, 0.6) is 0 Å². The van der Waals surface area contributed by atoms with E-state index in [1.165, 1.54) is 24.3 Å². The highest BCUT2D eigenvalue weighted by Crippen LogP contribution is 2.44. The summed E-state index contributed by atoms with van der Waals surface area (Å²) in [7, 11) is 0. The number of oxazole rings is 1. The zero-order valence-electron chi connectivity index (χ0n) is 14.4. The van der Waals surface area contributed by atoms with Crippen molar-refractivity contribution in [2.24, 2.45) is 0 Å². The Labute approximate surface area is 148 Å². The molecule has 0 aliphatic heterocycles. The van der Waals surface area contributed by atoms with Crippen LogP contribution < -0.4 is 4.90 Å². The van der Waals surface area contributed by atoms with Gasteiger partial charge in [0.15, 0.2) is 5.58 Å². The lowest BCUT2D eigenvalue weighted by Gasteiger charge is -2.28. The number of aromatic nitrogens is 1. The number of alkyl halides is 3. The summed E-state index contributed by atoms with van der Waals surface area (Å²) in [6, 6.07) is 11.9. The molecule has 138 valence electrons. The molecule has 3 rings (SSSR count). The minimum Gasteiger partial charge on any atom is -0.437 e. The Morgan fingerprint density at radius 1 is 1.00 bits per heavy atom. The number of rotatable bonds is 5. The lowest BCUT2D eigenvalue weighted by atomic mass is 9.92. The zero-order valence-corrected chi connectivity index (χ0v) is 14.4. The van der Waals surface area contributed by atoms with Crippen LogP contribution in [0.15, 0.2) is 52.9 Å². The maximum absolute atomic E-state index is 13.8. The Kier molecular flexibility index (Phi) is 4.66. The largest absolute Gasteiger partial charge is 0.437 e. The van der Waals surface area contributed by atoms with Crippen molar-refractivity contribution in [1.82, 2.24) is 4.98 Å². The molecular weight excluding hydrogens is 345 g/mol. The predicted octanol–water partition coefficient (Wildman–Crippen LogP) is 4.47. The fourth-order valence-corrected chi connectivity index (χ4v) is 2.94. The Morgan fingerprint density at radius 2 is 1.62 bits per heavy atom. The van der Waals surface area contributed by atoms with E-state index in [1.807, 2.05) is 18.7 Å². The summed E-state index contributed by atoms with van der Waals surface area (Å²) in [4.78, 5) is 5.87. The van der Waals surface area contributed by atoms with E-state index >= 15 is 0 Å². The average Bonchev–Trinajstić information content (AvgIpc) is 3.06. The van der Waals surface area contributed by atoms with Crippen molar-refractivity contribution in [2.75, 3.05) is 18.0 Å². The van der Waals surface area contributed by atoms with Gasteiger partial charge in [0.2, 0.25) is 5.89 Å². The van der Waals surface area contributed by atoms with E-state index in [4.69, 9.17) is 4.42 Å².